The summed E-state index contributed by atoms with van der Waals surface area (Å²) in [6.45, 7) is 0.313. The first kappa shape index (κ1) is 11.5. The van der Waals surface area contributed by atoms with Crippen LogP contribution < -0.4 is 5.32 Å². The van der Waals surface area contributed by atoms with Gasteiger partial charge < -0.3 is 10.4 Å². The number of hydrogen-bond donors (Lipinski definition) is 2. The number of pyridine rings is 1. The average molecular weight is 245 g/mol. The monoisotopic (exact) mass is 245 g/mol. The molecule has 2 atom stereocenters. The van der Waals surface area contributed by atoms with Gasteiger partial charge in [-0.2, -0.15) is 0 Å². The van der Waals surface area contributed by atoms with Crippen LogP contribution in [0.15, 0.2) is 30.6 Å². The van der Waals surface area contributed by atoms with Crippen LogP contribution in [0.25, 0.3) is 5.65 Å². The van der Waals surface area contributed by atoms with Crippen molar-refractivity contribution in [3.8, 4) is 0 Å². The largest absolute Gasteiger partial charge is 0.396 e. The Morgan fingerprint density at radius 3 is 3.22 bits per heavy atom. The summed E-state index contributed by atoms with van der Waals surface area (Å²) in [5.74, 6) is 1.55. The molecule has 1 fully saturated rings. The highest BCUT2D eigenvalue weighted by atomic mass is 16.3. The van der Waals surface area contributed by atoms with Crippen LogP contribution >= 0.6 is 0 Å². The molecule has 0 radical (unpaired) electrons. The van der Waals surface area contributed by atoms with E-state index in [0.29, 0.717) is 18.6 Å². The van der Waals surface area contributed by atoms with Crippen molar-refractivity contribution in [2.24, 2.45) is 5.92 Å². The second-order valence-corrected chi connectivity index (χ2v) is 5.12. The Kier molecular flexibility index (Phi) is 3.19. The summed E-state index contributed by atoms with van der Waals surface area (Å²) in [5.41, 5.74) is 0.967. The molecule has 1 aliphatic rings. The minimum absolute atomic E-state index is 0.313. The van der Waals surface area contributed by atoms with Crippen LogP contribution in [0.1, 0.15) is 25.7 Å². The maximum atomic E-state index is 9.27. The van der Waals surface area contributed by atoms with Crippen molar-refractivity contribution >= 4 is 11.5 Å². The lowest BCUT2D eigenvalue weighted by Gasteiger charge is -2.29. The second-order valence-electron chi connectivity index (χ2n) is 5.12. The fourth-order valence-electron chi connectivity index (χ4n) is 2.86. The predicted octanol–water partition coefficient (Wildman–Crippen LogP) is 2.30. The third-order valence-corrected chi connectivity index (χ3v) is 3.82. The summed E-state index contributed by atoms with van der Waals surface area (Å²) in [4.78, 5) is 4.29. The van der Waals surface area contributed by atoms with E-state index in [9.17, 15) is 5.11 Å². The maximum absolute atomic E-state index is 9.27. The van der Waals surface area contributed by atoms with Gasteiger partial charge in [0.25, 0.3) is 0 Å². The molecule has 2 aromatic heterocycles. The van der Waals surface area contributed by atoms with Gasteiger partial charge >= 0.3 is 0 Å². The average Bonchev–Trinajstić information content (AvgIpc) is 2.88. The zero-order chi connectivity index (χ0) is 12.4. The number of rotatable bonds is 3. The van der Waals surface area contributed by atoms with Gasteiger partial charge in [0, 0.05) is 25.0 Å². The molecule has 2 heterocycles. The van der Waals surface area contributed by atoms with E-state index in [1.54, 1.807) is 0 Å². The molecule has 2 unspecified atom stereocenters. The van der Waals surface area contributed by atoms with E-state index in [-0.39, 0.29) is 0 Å². The van der Waals surface area contributed by atoms with E-state index < -0.39 is 0 Å². The van der Waals surface area contributed by atoms with Crippen LogP contribution in [-0.4, -0.2) is 27.1 Å². The van der Waals surface area contributed by atoms with Crippen LogP contribution in [0.5, 0.6) is 0 Å². The molecule has 0 bridgehead atoms. The molecule has 0 amide bonds. The van der Waals surface area contributed by atoms with Crippen LogP contribution in [0.2, 0.25) is 0 Å². The standard InChI is InChI=1S/C14H19N3O/c18-10-11-3-1-4-12(9-11)16-14-6-2-5-13-15-7-8-17(13)14/h2,5-8,11-12,16,18H,1,3-4,9-10H2. The molecule has 1 saturated carbocycles. The lowest BCUT2D eigenvalue weighted by molar-refractivity contribution is 0.184. The van der Waals surface area contributed by atoms with Crippen molar-refractivity contribution < 1.29 is 5.11 Å². The number of aliphatic hydroxyl groups is 1. The number of imidazole rings is 1. The summed E-state index contributed by atoms with van der Waals surface area (Å²) in [6, 6.07) is 6.57. The van der Waals surface area contributed by atoms with Crippen LogP contribution in [0, 0.1) is 5.92 Å². The number of anilines is 1. The lowest BCUT2D eigenvalue weighted by Crippen LogP contribution is -2.29. The van der Waals surface area contributed by atoms with Crippen LogP contribution in [0.3, 0.4) is 0 Å². The van der Waals surface area contributed by atoms with E-state index in [1.807, 2.05) is 24.5 Å². The topological polar surface area (TPSA) is 49.6 Å². The van der Waals surface area contributed by atoms with Gasteiger partial charge in [0.1, 0.15) is 11.5 Å². The van der Waals surface area contributed by atoms with Crippen molar-refractivity contribution in [3.05, 3.63) is 30.6 Å². The molecular weight excluding hydrogens is 226 g/mol. The molecule has 96 valence electrons. The third kappa shape index (κ3) is 2.20. The Labute approximate surface area is 107 Å². The fourth-order valence-corrected chi connectivity index (χ4v) is 2.86. The maximum Gasteiger partial charge on any atom is 0.138 e. The summed E-state index contributed by atoms with van der Waals surface area (Å²) >= 11 is 0. The second kappa shape index (κ2) is 4.98. The Hall–Kier alpha value is -1.55. The van der Waals surface area contributed by atoms with Gasteiger partial charge in [0.15, 0.2) is 0 Å². The highest BCUT2D eigenvalue weighted by Gasteiger charge is 2.21. The highest BCUT2D eigenvalue weighted by Crippen LogP contribution is 2.26. The third-order valence-electron chi connectivity index (χ3n) is 3.82. The molecule has 4 heteroatoms. The molecule has 0 aromatic carbocycles. The minimum atomic E-state index is 0.313. The van der Waals surface area contributed by atoms with Gasteiger partial charge in [-0.25, -0.2) is 4.98 Å². The Bertz CT molecular complexity index is 522. The number of aliphatic hydroxyl groups excluding tert-OH is 1. The molecule has 1 aliphatic carbocycles. The quantitative estimate of drug-likeness (QED) is 0.872. The number of aromatic nitrogens is 2. The molecule has 3 rings (SSSR count). The summed E-state index contributed by atoms with van der Waals surface area (Å²) in [7, 11) is 0. The van der Waals surface area contributed by atoms with Crippen LogP contribution in [0.4, 0.5) is 5.82 Å². The van der Waals surface area contributed by atoms with Gasteiger partial charge in [-0.3, -0.25) is 4.40 Å². The number of nitrogens with one attached hydrogen (secondary N) is 1. The number of fused-ring (bicyclic) bond motifs is 1. The SMILES string of the molecule is OCC1CCCC(Nc2cccc3nccn23)C1. The molecule has 0 saturated heterocycles. The molecule has 4 nitrogen and oxygen atoms in total. The molecule has 0 spiro atoms. The summed E-state index contributed by atoms with van der Waals surface area (Å²) in [6.07, 6.45) is 8.39. The van der Waals surface area contributed by atoms with E-state index in [2.05, 4.69) is 20.8 Å². The zero-order valence-electron chi connectivity index (χ0n) is 10.4. The molecule has 18 heavy (non-hydrogen) atoms. The van der Waals surface area contributed by atoms with E-state index in [0.717, 1.165) is 24.3 Å². The minimum Gasteiger partial charge on any atom is -0.396 e. The number of nitrogens with zero attached hydrogens (tertiary/aromatic N) is 2. The van der Waals surface area contributed by atoms with Crippen molar-refractivity contribution in [1.82, 2.24) is 9.38 Å². The first-order chi connectivity index (χ1) is 8.86. The van der Waals surface area contributed by atoms with E-state index in [1.165, 1.54) is 12.8 Å². The van der Waals surface area contributed by atoms with Gasteiger partial charge in [-0.1, -0.05) is 12.5 Å². The Morgan fingerprint density at radius 2 is 2.33 bits per heavy atom. The highest BCUT2D eigenvalue weighted by molar-refractivity contribution is 5.50. The fraction of sp³-hybridized carbons (Fsp3) is 0.500. The van der Waals surface area contributed by atoms with Crippen molar-refractivity contribution in [1.29, 1.82) is 0 Å². The Balaban J connectivity index is 1.77. The molecular formula is C14H19N3O. The first-order valence-electron chi connectivity index (χ1n) is 6.66. The molecule has 0 aliphatic heterocycles. The van der Waals surface area contributed by atoms with Gasteiger partial charge in [-0.15, -0.1) is 0 Å². The van der Waals surface area contributed by atoms with Gasteiger partial charge in [0.05, 0.1) is 0 Å². The van der Waals surface area contributed by atoms with Crippen molar-refractivity contribution in [2.75, 3.05) is 11.9 Å². The molecule has 2 N–H and O–H groups in total. The Morgan fingerprint density at radius 1 is 1.39 bits per heavy atom. The lowest BCUT2D eigenvalue weighted by atomic mass is 9.86. The van der Waals surface area contributed by atoms with Gasteiger partial charge in [-0.05, 0) is 37.3 Å². The molecule has 2 aromatic rings. The van der Waals surface area contributed by atoms with Crippen LogP contribution in [-0.2, 0) is 0 Å². The van der Waals surface area contributed by atoms with Crippen molar-refractivity contribution in [2.45, 2.75) is 31.7 Å². The predicted molar refractivity (Wildman–Crippen MR) is 71.6 cm³/mol. The number of hydrogen-bond acceptors (Lipinski definition) is 3. The van der Waals surface area contributed by atoms with Gasteiger partial charge in [0.2, 0.25) is 0 Å². The summed E-state index contributed by atoms with van der Waals surface area (Å²) < 4.78 is 2.07. The van der Waals surface area contributed by atoms with Crippen molar-refractivity contribution in [3.63, 3.8) is 0 Å². The first-order valence-corrected chi connectivity index (χ1v) is 6.66. The smallest absolute Gasteiger partial charge is 0.138 e. The zero-order valence-corrected chi connectivity index (χ0v) is 10.4. The van der Waals surface area contributed by atoms with E-state index in [4.69, 9.17) is 0 Å². The normalized spacial score (nSPS) is 24.3. The summed E-state index contributed by atoms with van der Waals surface area (Å²) in [5, 5.41) is 12.9. The van der Waals surface area contributed by atoms with E-state index >= 15 is 0 Å².